The molecule has 0 fully saturated rings. The van der Waals surface area contributed by atoms with Gasteiger partial charge >= 0.3 is 0 Å². The highest BCUT2D eigenvalue weighted by atomic mass is 15.0. The van der Waals surface area contributed by atoms with Crippen molar-refractivity contribution in [3.63, 3.8) is 0 Å². The minimum absolute atomic E-state index is 0.404. The molecule has 0 N–H and O–H groups in total. The monoisotopic (exact) mass is 610 g/mol. The fraction of sp³-hybridized carbons (Fsp3) is 0. The van der Waals surface area contributed by atoms with Crippen LogP contribution in [0, 0.1) is 47.1 Å². The SMILES string of the molecule is [C-]#[N+]c1ccc2c(c1)c1cc([N+]#[C-])ccc1n2-c1cc(C#N)c(-n2c3ccc(C#N)cc3c3cc(C#N)ccc32)cc1-c1ccncc1. The molecule has 0 amide bonds. The van der Waals surface area contributed by atoms with Crippen LogP contribution < -0.4 is 0 Å². The van der Waals surface area contributed by atoms with E-state index in [1.54, 1.807) is 36.7 Å². The fourth-order valence-corrected chi connectivity index (χ4v) is 6.62. The highest BCUT2D eigenvalue weighted by Crippen LogP contribution is 2.42. The molecule has 0 spiro atoms. The van der Waals surface area contributed by atoms with Gasteiger partial charge in [-0.25, -0.2) is 9.69 Å². The number of nitrogens with zero attached hydrogens (tertiary/aromatic N) is 8. The molecule has 0 atom stereocenters. The topological polar surface area (TPSA) is 103 Å². The quantitative estimate of drug-likeness (QED) is 0.186. The predicted octanol–water partition coefficient (Wildman–Crippen LogP) is 9.66. The van der Waals surface area contributed by atoms with Crippen LogP contribution in [-0.4, -0.2) is 14.1 Å². The third-order valence-electron chi connectivity index (χ3n) is 8.72. The lowest BCUT2D eigenvalue weighted by Gasteiger charge is -2.19. The van der Waals surface area contributed by atoms with Gasteiger partial charge in [-0.3, -0.25) is 4.98 Å². The van der Waals surface area contributed by atoms with Crippen molar-refractivity contribution in [3.8, 4) is 40.7 Å². The first-order valence-electron chi connectivity index (χ1n) is 14.8. The van der Waals surface area contributed by atoms with E-state index in [1.165, 1.54) is 0 Å². The minimum atomic E-state index is 0.404. The number of nitriles is 3. The van der Waals surface area contributed by atoms with E-state index in [-0.39, 0.29) is 0 Å². The number of benzene rings is 5. The summed E-state index contributed by atoms with van der Waals surface area (Å²) in [6.45, 7) is 15.2. The summed E-state index contributed by atoms with van der Waals surface area (Å²) in [6, 6.07) is 36.5. The van der Waals surface area contributed by atoms with Crippen LogP contribution >= 0.6 is 0 Å². The minimum Gasteiger partial charge on any atom is -0.309 e. The van der Waals surface area contributed by atoms with Gasteiger partial charge in [-0.2, -0.15) is 15.8 Å². The molecule has 3 aromatic heterocycles. The summed E-state index contributed by atoms with van der Waals surface area (Å²) in [5, 5.41) is 33.4. The molecule has 8 aromatic rings. The highest BCUT2D eigenvalue weighted by Gasteiger charge is 2.22. The molecule has 8 nitrogen and oxygen atoms in total. The molecular formula is C40H18N8. The Morgan fingerprint density at radius 3 is 1.48 bits per heavy atom. The lowest BCUT2D eigenvalue weighted by atomic mass is 10.00. The summed E-state index contributed by atoms with van der Waals surface area (Å²) < 4.78 is 4.09. The second-order valence-corrected chi connectivity index (χ2v) is 11.2. The van der Waals surface area contributed by atoms with Gasteiger partial charge in [-0.05, 0) is 101 Å². The molecule has 0 bridgehead atoms. The first-order chi connectivity index (χ1) is 23.6. The van der Waals surface area contributed by atoms with Gasteiger partial charge in [-0.1, -0.05) is 12.1 Å². The largest absolute Gasteiger partial charge is 0.309 e. The van der Waals surface area contributed by atoms with Gasteiger partial charge in [0.05, 0.1) is 75.4 Å². The molecule has 0 aliphatic rings. The van der Waals surface area contributed by atoms with E-state index in [4.69, 9.17) is 13.1 Å². The number of rotatable bonds is 3. The molecule has 0 aliphatic carbocycles. The summed E-state index contributed by atoms with van der Waals surface area (Å²) >= 11 is 0. The van der Waals surface area contributed by atoms with Crippen LogP contribution in [0.3, 0.4) is 0 Å². The Balaban J connectivity index is 1.52. The highest BCUT2D eigenvalue weighted by molar-refractivity contribution is 6.13. The first kappa shape index (κ1) is 27.8. The van der Waals surface area contributed by atoms with E-state index >= 15 is 0 Å². The van der Waals surface area contributed by atoms with Crippen LogP contribution in [-0.2, 0) is 0 Å². The van der Waals surface area contributed by atoms with Crippen molar-refractivity contribution in [2.24, 2.45) is 0 Å². The van der Waals surface area contributed by atoms with E-state index in [0.717, 1.165) is 60.4 Å². The van der Waals surface area contributed by atoms with E-state index in [1.807, 2.05) is 77.4 Å². The van der Waals surface area contributed by atoms with Gasteiger partial charge in [0.15, 0.2) is 11.4 Å². The summed E-state index contributed by atoms with van der Waals surface area (Å²) in [4.78, 5) is 11.5. The van der Waals surface area contributed by atoms with Crippen molar-refractivity contribution in [2.75, 3.05) is 0 Å². The molecule has 0 unspecified atom stereocenters. The van der Waals surface area contributed by atoms with E-state index < -0.39 is 0 Å². The number of aromatic nitrogens is 3. The van der Waals surface area contributed by atoms with Crippen LogP contribution in [0.2, 0.25) is 0 Å². The molecule has 218 valence electrons. The normalized spacial score (nSPS) is 10.8. The fourth-order valence-electron chi connectivity index (χ4n) is 6.62. The maximum atomic E-state index is 10.7. The van der Waals surface area contributed by atoms with Crippen molar-refractivity contribution in [1.29, 1.82) is 15.8 Å². The van der Waals surface area contributed by atoms with Gasteiger partial charge in [0, 0.05) is 28.7 Å². The van der Waals surface area contributed by atoms with E-state index in [2.05, 4.69) is 37.4 Å². The summed E-state index contributed by atoms with van der Waals surface area (Å²) in [6.07, 6.45) is 3.44. The molecule has 8 heteroatoms. The molecule has 0 aliphatic heterocycles. The third kappa shape index (κ3) is 4.08. The van der Waals surface area contributed by atoms with Gasteiger partial charge in [0.2, 0.25) is 0 Å². The Hall–Kier alpha value is -7.70. The van der Waals surface area contributed by atoms with Crippen LogP contribution in [0.15, 0.2) is 109 Å². The smallest absolute Gasteiger partial charge is 0.188 e. The van der Waals surface area contributed by atoms with Crippen LogP contribution in [0.4, 0.5) is 11.4 Å². The summed E-state index contributed by atoms with van der Waals surface area (Å²) in [5.41, 5.74) is 8.68. The van der Waals surface area contributed by atoms with Crippen LogP contribution in [0.5, 0.6) is 0 Å². The average molecular weight is 611 g/mol. The zero-order chi connectivity index (χ0) is 32.9. The predicted molar refractivity (Wildman–Crippen MR) is 185 cm³/mol. The first-order valence-corrected chi connectivity index (χ1v) is 14.8. The van der Waals surface area contributed by atoms with E-state index in [9.17, 15) is 15.8 Å². The molecule has 48 heavy (non-hydrogen) atoms. The number of hydrogen-bond acceptors (Lipinski definition) is 4. The van der Waals surface area contributed by atoms with Crippen LogP contribution in [0.25, 0.3) is 75.8 Å². The lowest BCUT2D eigenvalue weighted by Crippen LogP contribution is -2.04. The zero-order valence-corrected chi connectivity index (χ0v) is 25.0. The lowest BCUT2D eigenvalue weighted by molar-refractivity contribution is 1.13. The second kappa shape index (κ2) is 10.7. The number of fused-ring (bicyclic) bond motifs is 6. The summed E-state index contributed by atoms with van der Waals surface area (Å²) in [7, 11) is 0. The van der Waals surface area contributed by atoms with Crippen molar-refractivity contribution >= 4 is 55.0 Å². The Kier molecular flexibility index (Phi) is 6.22. The Labute approximate surface area is 274 Å². The molecule has 8 rings (SSSR count). The molecule has 0 saturated heterocycles. The zero-order valence-electron chi connectivity index (χ0n) is 25.0. The number of hydrogen-bond donors (Lipinski definition) is 0. The molecular weight excluding hydrogens is 592 g/mol. The van der Waals surface area contributed by atoms with Crippen molar-refractivity contribution < 1.29 is 0 Å². The third-order valence-corrected chi connectivity index (χ3v) is 8.72. The molecule has 0 saturated carbocycles. The Bertz CT molecular complexity index is 2750. The van der Waals surface area contributed by atoms with Gasteiger partial charge in [-0.15, -0.1) is 0 Å². The van der Waals surface area contributed by atoms with Crippen molar-refractivity contribution in [2.45, 2.75) is 0 Å². The standard InChI is InChI=1S/C40H18N8/c1-44-28-5-9-37-33(18-28)34-19-29(45-2)6-10-38(34)48(37)40-17-27(23-43)39(20-30(40)26-11-13-46-14-12-26)47-35-7-3-24(21-41)15-31(35)32-16-25(22-42)4-8-36(32)47/h3-20H. The van der Waals surface area contributed by atoms with Gasteiger partial charge in [0.1, 0.15) is 6.07 Å². The van der Waals surface area contributed by atoms with Gasteiger partial charge in [0.25, 0.3) is 0 Å². The second-order valence-electron chi connectivity index (χ2n) is 11.2. The molecule has 5 aromatic carbocycles. The summed E-state index contributed by atoms with van der Waals surface area (Å²) in [5.74, 6) is 0. The maximum absolute atomic E-state index is 10.7. The number of pyridine rings is 1. The maximum Gasteiger partial charge on any atom is 0.188 e. The molecule has 3 heterocycles. The van der Waals surface area contributed by atoms with Crippen molar-refractivity contribution in [1.82, 2.24) is 14.1 Å². The van der Waals surface area contributed by atoms with Crippen LogP contribution in [0.1, 0.15) is 16.7 Å². The van der Waals surface area contributed by atoms with E-state index in [0.29, 0.717) is 33.8 Å². The Morgan fingerprint density at radius 1 is 0.521 bits per heavy atom. The Morgan fingerprint density at radius 2 is 1.00 bits per heavy atom. The van der Waals surface area contributed by atoms with Crippen molar-refractivity contribution in [3.05, 3.63) is 149 Å². The molecule has 0 radical (unpaired) electrons. The van der Waals surface area contributed by atoms with Gasteiger partial charge < -0.3 is 9.13 Å². The average Bonchev–Trinajstić information content (AvgIpc) is 3.65.